The molecule has 0 atom stereocenters. The van der Waals surface area contributed by atoms with Crippen LogP contribution in [-0.2, 0) is 11.3 Å². The van der Waals surface area contributed by atoms with Gasteiger partial charge in [0.05, 0.1) is 0 Å². The van der Waals surface area contributed by atoms with Gasteiger partial charge in [-0.2, -0.15) is 0 Å². The van der Waals surface area contributed by atoms with Crippen molar-refractivity contribution < 1.29 is 4.79 Å². The molecule has 104 valence electrons. The molecule has 0 saturated carbocycles. The summed E-state index contributed by atoms with van der Waals surface area (Å²) >= 11 is 6.04. The normalized spacial score (nSPS) is 17.4. The Balaban J connectivity index is 1.85. The number of carbonyl (C=O) groups is 1. The zero-order valence-corrected chi connectivity index (χ0v) is 12.3. The van der Waals surface area contributed by atoms with Gasteiger partial charge >= 0.3 is 0 Å². The topological polar surface area (TPSA) is 32.3 Å². The number of benzene rings is 1. The molecule has 0 radical (unpaired) electrons. The third kappa shape index (κ3) is 4.22. The number of halogens is 1. The Morgan fingerprint density at radius 1 is 1.42 bits per heavy atom. The molecule has 0 aromatic heterocycles. The van der Waals surface area contributed by atoms with E-state index in [4.69, 9.17) is 11.6 Å². The first-order chi connectivity index (χ1) is 9.04. The largest absolute Gasteiger partial charge is 0.354 e. The first kappa shape index (κ1) is 14.4. The molecule has 4 heteroatoms. The van der Waals surface area contributed by atoms with Gasteiger partial charge in [0.25, 0.3) is 0 Å². The third-order valence-corrected chi connectivity index (χ3v) is 4.05. The molecule has 1 fully saturated rings. The summed E-state index contributed by atoms with van der Waals surface area (Å²) in [5.74, 6) is 0.0757. The molecule has 1 aliphatic heterocycles. The van der Waals surface area contributed by atoms with Crippen LogP contribution in [0.25, 0.3) is 0 Å². The molecule has 0 bridgehead atoms. The van der Waals surface area contributed by atoms with E-state index in [0.29, 0.717) is 6.04 Å². The number of nitrogens with one attached hydrogen (secondary N) is 1. The number of hydrogen-bond acceptors (Lipinski definition) is 2. The van der Waals surface area contributed by atoms with E-state index in [9.17, 15) is 4.79 Å². The van der Waals surface area contributed by atoms with E-state index in [1.807, 2.05) is 13.0 Å². The summed E-state index contributed by atoms with van der Waals surface area (Å²) in [6, 6.07) is 6.56. The number of rotatable bonds is 3. The Kier molecular flexibility index (Phi) is 4.83. The van der Waals surface area contributed by atoms with Crippen molar-refractivity contribution in [2.24, 2.45) is 0 Å². The lowest BCUT2D eigenvalue weighted by atomic mass is 10.0. The maximum atomic E-state index is 11.0. The van der Waals surface area contributed by atoms with Crippen LogP contribution in [-0.4, -0.2) is 29.9 Å². The number of aryl methyl sites for hydroxylation is 1. The van der Waals surface area contributed by atoms with Crippen LogP contribution in [0.4, 0.5) is 0 Å². The molecule has 19 heavy (non-hydrogen) atoms. The zero-order chi connectivity index (χ0) is 13.8. The summed E-state index contributed by atoms with van der Waals surface area (Å²) in [6.07, 6.45) is 2.07. The second-order valence-electron chi connectivity index (χ2n) is 5.33. The van der Waals surface area contributed by atoms with Crippen LogP contribution >= 0.6 is 11.6 Å². The van der Waals surface area contributed by atoms with Gasteiger partial charge in [-0.05, 0) is 37.0 Å². The second kappa shape index (κ2) is 6.40. The van der Waals surface area contributed by atoms with Gasteiger partial charge in [0.1, 0.15) is 0 Å². The molecule has 1 N–H and O–H groups in total. The van der Waals surface area contributed by atoms with E-state index in [2.05, 4.69) is 22.3 Å². The van der Waals surface area contributed by atoms with E-state index < -0.39 is 0 Å². The molecule has 1 aliphatic rings. The van der Waals surface area contributed by atoms with Crippen molar-refractivity contribution in [2.75, 3.05) is 13.1 Å². The monoisotopic (exact) mass is 280 g/mol. The van der Waals surface area contributed by atoms with Gasteiger partial charge in [0, 0.05) is 37.6 Å². The highest BCUT2D eigenvalue weighted by Crippen LogP contribution is 2.19. The Labute approximate surface area is 119 Å². The molecule has 0 spiro atoms. The van der Waals surface area contributed by atoms with Crippen molar-refractivity contribution >= 4 is 17.5 Å². The SMILES string of the molecule is CC(=O)NC1CCN(Cc2ccc(Cl)c(C)c2)CC1. The molecule has 1 heterocycles. The minimum atomic E-state index is 0.0757. The summed E-state index contributed by atoms with van der Waals surface area (Å²) in [5, 5.41) is 3.83. The molecule has 1 aromatic rings. The fourth-order valence-corrected chi connectivity index (χ4v) is 2.70. The predicted molar refractivity (Wildman–Crippen MR) is 78.3 cm³/mol. The number of piperidine rings is 1. The van der Waals surface area contributed by atoms with Crippen molar-refractivity contribution in [1.29, 1.82) is 0 Å². The second-order valence-corrected chi connectivity index (χ2v) is 5.74. The van der Waals surface area contributed by atoms with E-state index >= 15 is 0 Å². The number of nitrogens with zero attached hydrogens (tertiary/aromatic N) is 1. The van der Waals surface area contributed by atoms with E-state index in [1.165, 1.54) is 5.56 Å². The highest BCUT2D eigenvalue weighted by molar-refractivity contribution is 6.31. The van der Waals surface area contributed by atoms with Crippen molar-refractivity contribution in [3.05, 3.63) is 34.3 Å². The van der Waals surface area contributed by atoms with Crippen LogP contribution < -0.4 is 5.32 Å². The van der Waals surface area contributed by atoms with Gasteiger partial charge < -0.3 is 5.32 Å². The summed E-state index contributed by atoms with van der Waals surface area (Å²) in [6.45, 7) is 6.65. The van der Waals surface area contributed by atoms with E-state index in [1.54, 1.807) is 6.92 Å². The van der Waals surface area contributed by atoms with Crippen LogP contribution in [0.1, 0.15) is 30.9 Å². The first-order valence-electron chi connectivity index (χ1n) is 6.79. The predicted octanol–water partition coefficient (Wildman–Crippen LogP) is 2.75. The van der Waals surface area contributed by atoms with Crippen molar-refractivity contribution in [2.45, 2.75) is 39.3 Å². The van der Waals surface area contributed by atoms with Crippen LogP contribution in [0.5, 0.6) is 0 Å². The summed E-state index contributed by atoms with van der Waals surface area (Å²) in [7, 11) is 0. The molecule has 2 rings (SSSR count). The maximum Gasteiger partial charge on any atom is 0.217 e. The minimum absolute atomic E-state index is 0.0757. The quantitative estimate of drug-likeness (QED) is 0.923. The van der Waals surface area contributed by atoms with Crippen LogP contribution in [0, 0.1) is 6.92 Å². The number of amides is 1. The molecule has 1 amide bonds. The summed E-state index contributed by atoms with van der Waals surface area (Å²) < 4.78 is 0. The zero-order valence-electron chi connectivity index (χ0n) is 11.6. The highest BCUT2D eigenvalue weighted by Gasteiger charge is 2.19. The van der Waals surface area contributed by atoms with Crippen molar-refractivity contribution in [3.63, 3.8) is 0 Å². The number of carbonyl (C=O) groups excluding carboxylic acids is 1. The van der Waals surface area contributed by atoms with Gasteiger partial charge in [0.2, 0.25) is 5.91 Å². The Morgan fingerprint density at radius 2 is 2.11 bits per heavy atom. The van der Waals surface area contributed by atoms with Gasteiger partial charge in [-0.3, -0.25) is 9.69 Å². The van der Waals surface area contributed by atoms with Gasteiger partial charge in [-0.1, -0.05) is 23.7 Å². The number of likely N-dealkylation sites (tertiary alicyclic amines) is 1. The standard InChI is InChI=1S/C15H21ClN2O/c1-11-9-13(3-4-15(11)16)10-18-7-5-14(6-8-18)17-12(2)19/h3-4,9,14H,5-8,10H2,1-2H3,(H,17,19). The van der Waals surface area contributed by atoms with Crippen molar-refractivity contribution in [1.82, 2.24) is 10.2 Å². The molecule has 0 aliphatic carbocycles. The molecule has 1 aromatic carbocycles. The van der Waals surface area contributed by atoms with Gasteiger partial charge in [-0.15, -0.1) is 0 Å². The average molecular weight is 281 g/mol. The van der Waals surface area contributed by atoms with E-state index in [-0.39, 0.29) is 5.91 Å². The Hall–Kier alpha value is -1.06. The lowest BCUT2D eigenvalue weighted by molar-refractivity contribution is -0.119. The Bertz CT molecular complexity index is 453. The molecular weight excluding hydrogens is 260 g/mol. The summed E-state index contributed by atoms with van der Waals surface area (Å²) in [4.78, 5) is 13.4. The number of hydrogen-bond donors (Lipinski definition) is 1. The molecule has 3 nitrogen and oxygen atoms in total. The fourth-order valence-electron chi connectivity index (χ4n) is 2.59. The first-order valence-corrected chi connectivity index (χ1v) is 7.17. The van der Waals surface area contributed by atoms with E-state index in [0.717, 1.165) is 43.1 Å². The summed E-state index contributed by atoms with van der Waals surface area (Å²) in [5.41, 5.74) is 2.44. The smallest absolute Gasteiger partial charge is 0.217 e. The highest BCUT2D eigenvalue weighted by atomic mass is 35.5. The lowest BCUT2D eigenvalue weighted by Gasteiger charge is -2.32. The van der Waals surface area contributed by atoms with Crippen LogP contribution in [0.2, 0.25) is 5.02 Å². The third-order valence-electron chi connectivity index (χ3n) is 3.62. The van der Waals surface area contributed by atoms with Crippen LogP contribution in [0.15, 0.2) is 18.2 Å². The Morgan fingerprint density at radius 3 is 2.68 bits per heavy atom. The van der Waals surface area contributed by atoms with Crippen molar-refractivity contribution in [3.8, 4) is 0 Å². The van der Waals surface area contributed by atoms with Gasteiger partial charge in [0.15, 0.2) is 0 Å². The minimum Gasteiger partial charge on any atom is -0.354 e. The molecule has 0 unspecified atom stereocenters. The fraction of sp³-hybridized carbons (Fsp3) is 0.533. The maximum absolute atomic E-state index is 11.0. The van der Waals surface area contributed by atoms with Gasteiger partial charge in [-0.25, -0.2) is 0 Å². The van der Waals surface area contributed by atoms with Crippen LogP contribution in [0.3, 0.4) is 0 Å². The average Bonchev–Trinajstić information content (AvgIpc) is 2.36. The molecular formula is C15H21ClN2O. The lowest BCUT2D eigenvalue weighted by Crippen LogP contribution is -2.43. The molecule has 1 saturated heterocycles.